The lowest BCUT2D eigenvalue weighted by molar-refractivity contribution is 0.0965. The SMILES string of the molecule is COc1nccnc1NNC(=O)c1sccc1Br. The summed E-state index contributed by atoms with van der Waals surface area (Å²) >= 11 is 4.63. The van der Waals surface area contributed by atoms with Crippen LogP contribution in [0.1, 0.15) is 9.67 Å². The predicted molar refractivity (Wildman–Crippen MR) is 71.7 cm³/mol. The highest BCUT2D eigenvalue weighted by atomic mass is 79.9. The maximum atomic E-state index is 11.8. The molecule has 2 N–H and O–H groups in total. The minimum absolute atomic E-state index is 0.260. The summed E-state index contributed by atoms with van der Waals surface area (Å²) in [5.74, 6) is 0.397. The number of carbonyl (C=O) groups excluding carboxylic acids is 1. The number of hydrogen-bond donors (Lipinski definition) is 2. The quantitative estimate of drug-likeness (QED) is 0.840. The predicted octanol–water partition coefficient (Wildman–Crippen LogP) is 2.07. The van der Waals surface area contributed by atoms with E-state index in [-0.39, 0.29) is 5.91 Å². The van der Waals surface area contributed by atoms with E-state index >= 15 is 0 Å². The van der Waals surface area contributed by atoms with Crippen molar-refractivity contribution in [3.05, 3.63) is 33.2 Å². The number of aromatic nitrogens is 2. The third-order valence-corrected chi connectivity index (χ3v) is 3.81. The average molecular weight is 329 g/mol. The molecular weight excluding hydrogens is 320 g/mol. The topological polar surface area (TPSA) is 76.1 Å². The molecule has 0 aliphatic carbocycles. The number of halogens is 1. The highest BCUT2D eigenvalue weighted by Crippen LogP contribution is 2.22. The second-order valence-corrected chi connectivity index (χ2v) is 4.86. The monoisotopic (exact) mass is 328 g/mol. The van der Waals surface area contributed by atoms with E-state index in [1.54, 1.807) is 0 Å². The van der Waals surface area contributed by atoms with Crippen LogP contribution in [0.2, 0.25) is 0 Å². The minimum atomic E-state index is -0.260. The molecule has 0 aliphatic rings. The number of amides is 1. The van der Waals surface area contributed by atoms with Gasteiger partial charge in [-0.2, -0.15) is 0 Å². The molecule has 18 heavy (non-hydrogen) atoms. The van der Waals surface area contributed by atoms with Crippen molar-refractivity contribution in [3.63, 3.8) is 0 Å². The summed E-state index contributed by atoms with van der Waals surface area (Å²) < 4.78 is 5.75. The zero-order valence-electron chi connectivity index (χ0n) is 9.31. The molecule has 8 heteroatoms. The fourth-order valence-corrected chi connectivity index (χ4v) is 2.64. The number of methoxy groups -OCH3 is 1. The lowest BCUT2D eigenvalue weighted by atomic mass is 10.4. The Labute approximate surface area is 116 Å². The number of nitrogens with zero attached hydrogens (tertiary/aromatic N) is 2. The van der Waals surface area contributed by atoms with E-state index in [1.165, 1.54) is 30.8 Å². The molecule has 0 fully saturated rings. The standard InChI is InChI=1S/C10H9BrN4O2S/c1-17-10-8(12-3-4-13-10)14-15-9(16)7-6(11)2-5-18-7/h2-5H,1H3,(H,12,14)(H,15,16). The number of thiophene rings is 1. The molecule has 0 aliphatic heterocycles. The Kier molecular flexibility index (Phi) is 4.11. The van der Waals surface area contributed by atoms with Crippen molar-refractivity contribution >= 4 is 39.0 Å². The fourth-order valence-electron chi connectivity index (χ4n) is 1.19. The Morgan fingerprint density at radius 3 is 2.89 bits per heavy atom. The Morgan fingerprint density at radius 1 is 1.44 bits per heavy atom. The zero-order chi connectivity index (χ0) is 13.0. The Hall–Kier alpha value is -1.67. The van der Waals surface area contributed by atoms with Gasteiger partial charge in [0.15, 0.2) is 0 Å². The third kappa shape index (κ3) is 2.77. The summed E-state index contributed by atoms with van der Waals surface area (Å²) in [6, 6.07) is 1.81. The molecule has 0 atom stereocenters. The normalized spacial score (nSPS) is 9.89. The van der Waals surface area contributed by atoms with Gasteiger partial charge in [0.2, 0.25) is 5.82 Å². The summed E-state index contributed by atoms with van der Waals surface area (Å²) in [5, 5.41) is 1.82. The van der Waals surface area contributed by atoms with E-state index in [0.717, 1.165) is 4.47 Å². The van der Waals surface area contributed by atoms with E-state index in [0.29, 0.717) is 16.6 Å². The number of carbonyl (C=O) groups is 1. The molecule has 2 rings (SSSR count). The van der Waals surface area contributed by atoms with Crippen LogP contribution in [0.15, 0.2) is 28.3 Å². The molecule has 1 amide bonds. The maximum absolute atomic E-state index is 11.8. The number of anilines is 1. The fraction of sp³-hybridized carbons (Fsp3) is 0.100. The van der Waals surface area contributed by atoms with Crippen LogP contribution >= 0.6 is 27.3 Å². The molecule has 0 saturated carbocycles. The zero-order valence-corrected chi connectivity index (χ0v) is 11.7. The van der Waals surface area contributed by atoms with Crippen molar-refractivity contribution in [2.75, 3.05) is 12.5 Å². The van der Waals surface area contributed by atoms with Crippen molar-refractivity contribution in [2.45, 2.75) is 0 Å². The molecule has 2 aromatic rings. The van der Waals surface area contributed by atoms with Gasteiger partial charge in [-0.3, -0.25) is 15.6 Å². The van der Waals surface area contributed by atoms with Gasteiger partial charge in [0.05, 0.1) is 7.11 Å². The van der Waals surface area contributed by atoms with Crippen LogP contribution in [0.25, 0.3) is 0 Å². The van der Waals surface area contributed by atoms with Gasteiger partial charge in [-0.05, 0) is 27.4 Å². The molecule has 2 aromatic heterocycles. The van der Waals surface area contributed by atoms with Crippen molar-refractivity contribution in [2.24, 2.45) is 0 Å². The van der Waals surface area contributed by atoms with Gasteiger partial charge in [0, 0.05) is 16.9 Å². The first kappa shape index (κ1) is 12.8. The highest BCUT2D eigenvalue weighted by Gasteiger charge is 2.12. The summed E-state index contributed by atoms with van der Waals surface area (Å²) in [5.41, 5.74) is 5.19. The first-order valence-electron chi connectivity index (χ1n) is 4.86. The van der Waals surface area contributed by atoms with Crippen molar-refractivity contribution < 1.29 is 9.53 Å². The van der Waals surface area contributed by atoms with Crippen LogP contribution in [0.4, 0.5) is 5.82 Å². The van der Waals surface area contributed by atoms with Crippen LogP contribution in [0, 0.1) is 0 Å². The summed E-state index contributed by atoms with van der Waals surface area (Å²) in [4.78, 5) is 20.3. The minimum Gasteiger partial charge on any atom is -0.478 e. The van der Waals surface area contributed by atoms with Crippen molar-refractivity contribution in [1.82, 2.24) is 15.4 Å². The largest absolute Gasteiger partial charge is 0.478 e. The van der Waals surface area contributed by atoms with Gasteiger partial charge < -0.3 is 4.74 Å². The molecule has 2 heterocycles. The molecular formula is C10H9BrN4O2S. The van der Waals surface area contributed by atoms with Gasteiger partial charge in [-0.1, -0.05) is 0 Å². The van der Waals surface area contributed by atoms with Crippen LogP contribution in [0.5, 0.6) is 5.88 Å². The van der Waals surface area contributed by atoms with Crippen LogP contribution in [0.3, 0.4) is 0 Å². The van der Waals surface area contributed by atoms with Gasteiger partial charge in [-0.25, -0.2) is 9.97 Å². The van der Waals surface area contributed by atoms with Gasteiger partial charge in [-0.15, -0.1) is 11.3 Å². The Bertz CT molecular complexity index is 560. The second-order valence-electron chi connectivity index (χ2n) is 3.09. The summed E-state index contributed by atoms with van der Waals surface area (Å²) in [6.45, 7) is 0. The summed E-state index contributed by atoms with van der Waals surface area (Å²) in [6.07, 6.45) is 3.00. The molecule has 0 radical (unpaired) electrons. The Balaban J connectivity index is 2.04. The number of hydrogen-bond acceptors (Lipinski definition) is 6. The summed E-state index contributed by atoms with van der Waals surface area (Å²) in [7, 11) is 1.48. The third-order valence-electron chi connectivity index (χ3n) is 1.98. The first-order chi connectivity index (χ1) is 8.72. The lowest BCUT2D eigenvalue weighted by Crippen LogP contribution is -2.29. The van der Waals surface area contributed by atoms with Crippen LogP contribution < -0.4 is 15.6 Å². The van der Waals surface area contributed by atoms with Gasteiger partial charge >= 0.3 is 0 Å². The average Bonchev–Trinajstić information content (AvgIpc) is 2.82. The van der Waals surface area contributed by atoms with E-state index in [9.17, 15) is 4.79 Å². The van der Waals surface area contributed by atoms with E-state index in [4.69, 9.17) is 4.74 Å². The van der Waals surface area contributed by atoms with Crippen molar-refractivity contribution in [3.8, 4) is 5.88 Å². The number of ether oxygens (including phenoxy) is 1. The van der Waals surface area contributed by atoms with E-state index < -0.39 is 0 Å². The number of rotatable bonds is 4. The maximum Gasteiger partial charge on any atom is 0.280 e. The first-order valence-corrected chi connectivity index (χ1v) is 6.54. The highest BCUT2D eigenvalue weighted by molar-refractivity contribution is 9.10. The molecule has 0 bridgehead atoms. The molecule has 0 unspecified atom stereocenters. The lowest BCUT2D eigenvalue weighted by Gasteiger charge is -2.09. The van der Waals surface area contributed by atoms with E-state index in [1.807, 2.05) is 11.4 Å². The van der Waals surface area contributed by atoms with Crippen molar-refractivity contribution in [1.29, 1.82) is 0 Å². The van der Waals surface area contributed by atoms with Crippen LogP contribution in [-0.2, 0) is 0 Å². The van der Waals surface area contributed by atoms with Gasteiger partial charge in [0.25, 0.3) is 11.8 Å². The second kappa shape index (κ2) is 5.78. The van der Waals surface area contributed by atoms with Gasteiger partial charge in [0.1, 0.15) is 4.88 Å². The number of hydrazine groups is 1. The smallest absolute Gasteiger partial charge is 0.280 e. The van der Waals surface area contributed by atoms with Crippen LogP contribution in [-0.4, -0.2) is 23.0 Å². The number of nitrogens with one attached hydrogen (secondary N) is 2. The Morgan fingerprint density at radius 2 is 2.22 bits per heavy atom. The molecule has 6 nitrogen and oxygen atoms in total. The van der Waals surface area contributed by atoms with E-state index in [2.05, 4.69) is 36.7 Å². The molecule has 0 aromatic carbocycles. The molecule has 0 saturated heterocycles. The molecule has 94 valence electrons. The molecule has 0 spiro atoms.